The quantitative estimate of drug-likeness (QED) is 0.852. The maximum absolute atomic E-state index is 6.51. The second-order valence-corrected chi connectivity index (χ2v) is 7.15. The van der Waals surface area contributed by atoms with Gasteiger partial charge in [0, 0.05) is 25.7 Å². The molecule has 0 amide bonds. The molecule has 0 spiro atoms. The first-order valence-corrected chi connectivity index (χ1v) is 8.12. The van der Waals surface area contributed by atoms with E-state index >= 15 is 0 Å². The fourth-order valence-corrected chi connectivity index (χ4v) is 3.89. The van der Waals surface area contributed by atoms with Crippen LogP contribution in [0.2, 0.25) is 0 Å². The summed E-state index contributed by atoms with van der Waals surface area (Å²) in [6, 6.07) is 0.355. The van der Waals surface area contributed by atoms with Crippen molar-refractivity contribution in [3.63, 3.8) is 0 Å². The molecular formula is C16H32N2O. The Hall–Kier alpha value is -0.120. The van der Waals surface area contributed by atoms with Crippen molar-refractivity contribution >= 4 is 0 Å². The van der Waals surface area contributed by atoms with Crippen LogP contribution in [0.15, 0.2) is 0 Å². The molecule has 112 valence electrons. The molecular weight excluding hydrogens is 236 g/mol. The second-order valence-electron chi connectivity index (χ2n) is 7.15. The summed E-state index contributed by atoms with van der Waals surface area (Å²) in [7, 11) is 0. The summed E-state index contributed by atoms with van der Waals surface area (Å²) in [4.78, 5) is 2.59. The van der Waals surface area contributed by atoms with Crippen LogP contribution < -0.4 is 5.73 Å². The topological polar surface area (TPSA) is 38.5 Å². The summed E-state index contributed by atoms with van der Waals surface area (Å²) >= 11 is 0. The van der Waals surface area contributed by atoms with Crippen molar-refractivity contribution in [1.82, 2.24) is 4.90 Å². The van der Waals surface area contributed by atoms with E-state index < -0.39 is 0 Å². The third-order valence-corrected chi connectivity index (χ3v) is 5.16. The van der Waals surface area contributed by atoms with E-state index in [0.29, 0.717) is 23.5 Å². The standard InChI is InChI=1S/C16H32N2O/c1-4-19-14-8-6-10-18(12-14)11-13-7-5-9-16(2,3)15(13)17/h13-15H,4-12,17H2,1-3H3. The molecule has 0 aromatic heterocycles. The first-order valence-electron chi connectivity index (χ1n) is 8.12. The summed E-state index contributed by atoms with van der Waals surface area (Å²) in [5.74, 6) is 0.670. The van der Waals surface area contributed by atoms with Gasteiger partial charge in [-0.3, -0.25) is 0 Å². The monoisotopic (exact) mass is 268 g/mol. The summed E-state index contributed by atoms with van der Waals surface area (Å²) in [6.07, 6.45) is 6.88. The van der Waals surface area contributed by atoms with Crippen molar-refractivity contribution in [2.75, 3.05) is 26.2 Å². The van der Waals surface area contributed by atoms with Crippen LogP contribution in [0.3, 0.4) is 0 Å². The number of hydrogen-bond donors (Lipinski definition) is 1. The van der Waals surface area contributed by atoms with Gasteiger partial charge in [0.1, 0.15) is 0 Å². The fraction of sp³-hybridized carbons (Fsp3) is 1.00. The van der Waals surface area contributed by atoms with Crippen LogP contribution in [0, 0.1) is 11.3 Å². The van der Waals surface area contributed by atoms with Gasteiger partial charge < -0.3 is 15.4 Å². The van der Waals surface area contributed by atoms with Crippen LogP contribution in [-0.4, -0.2) is 43.3 Å². The van der Waals surface area contributed by atoms with Crippen molar-refractivity contribution in [2.24, 2.45) is 17.1 Å². The summed E-state index contributed by atoms with van der Waals surface area (Å²) in [6.45, 7) is 11.1. The number of hydrogen-bond acceptors (Lipinski definition) is 3. The van der Waals surface area contributed by atoms with Gasteiger partial charge >= 0.3 is 0 Å². The average molecular weight is 268 g/mol. The molecule has 2 N–H and O–H groups in total. The Morgan fingerprint density at radius 1 is 1.26 bits per heavy atom. The summed E-state index contributed by atoms with van der Waals surface area (Å²) in [5.41, 5.74) is 6.83. The molecule has 2 rings (SSSR count). The lowest BCUT2D eigenvalue weighted by molar-refractivity contribution is -0.00519. The van der Waals surface area contributed by atoms with Gasteiger partial charge in [-0.2, -0.15) is 0 Å². The molecule has 1 aliphatic heterocycles. The van der Waals surface area contributed by atoms with Crippen LogP contribution in [-0.2, 0) is 4.74 Å². The van der Waals surface area contributed by atoms with E-state index in [0.717, 1.165) is 13.2 Å². The highest BCUT2D eigenvalue weighted by Crippen LogP contribution is 2.38. The van der Waals surface area contributed by atoms with Gasteiger partial charge in [0.25, 0.3) is 0 Å². The third kappa shape index (κ3) is 3.93. The van der Waals surface area contributed by atoms with E-state index in [2.05, 4.69) is 25.7 Å². The molecule has 1 aliphatic carbocycles. The number of likely N-dealkylation sites (tertiary alicyclic amines) is 1. The van der Waals surface area contributed by atoms with Gasteiger partial charge in [0.15, 0.2) is 0 Å². The first-order chi connectivity index (χ1) is 9.03. The zero-order chi connectivity index (χ0) is 13.9. The smallest absolute Gasteiger partial charge is 0.0702 e. The predicted molar refractivity (Wildman–Crippen MR) is 80.2 cm³/mol. The molecule has 3 nitrogen and oxygen atoms in total. The maximum Gasteiger partial charge on any atom is 0.0702 e. The Morgan fingerprint density at radius 2 is 2.05 bits per heavy atom. The van der Waals surface area contributed by atoms with Gasteiger partial charge in [0.2, 0.25) is 0 Å². The van der Waals surface area contributed by atoms with Crippen molar-refractivity contribution in [2.45, 2.75) is 65.0 Å². The fourth-order valence-electron chi connectivity index (χ4n) is 3.89. The van der Waals surface area contributed by atoms with Crippen LogP contribution in [0.25, 0.3) is 0 Å². The van der Waals surface area contributed by atoms with Crippen molar-refractivity contribution in [3.05, 3.63) is 0 Å². The Morgan fingerprint density at radius 3 is 2.79 bits per heavy atom. The van der Waals surface area contributed by atoms with E-state index in [-0.39, 0.29) is 0 Å². The highest BCUT2D eigenvalue weighted by atomic mass is 16.5. The number of piperidine rings is 1. The lowest BCUT2D eigenvalue weighted by Gasteiger charge is -2.44. The highest BCUT2D eigenvalue weighted by molar-refractivity contribution is 4.92. The van der Waals surface area contributed by atoms with Crippen molar-refractivity contribution < 1.29 is 4.74 Å². The first kappa shape index (κ1) is 15.3. The molecule has 0 bridgehead atoms. The number of rotatable bonds is 4. The molecule has 3 heteroatoms. The zero-order valence-corrected chi connectivity index (χ0v) is 13.0. The van der Waals surface area contributed by atoms with Gasteiger partial charge in [-0.1, -0.05) is 20.3 Å². The molecule has 0 aromatic carbocycles. The molecule has 1 heterocycles. The molecule has 3 unspecified atom stereocenters. The molecule has 19 heavy (non-hydrogen) atoms. The van der Waals surface area contributed by atoms with Crippen LogP contribution in [0.1, 0.15) is 52.9 Å². The molecule has 1 saturated heterocycles. The van der Waals surface area contributed by atoms with Crippen LogP contribution >= 0.6 is 0 Å². The molecule has 2 aliphatic rings. The molecule has 2 fully saturated rings. The SMILES string of the molecule is CCOC1CCCN(CC2CCCC(C)(C)C2N)C1. The predicted octanol–water partition coefficient (Wildman–Crippen LogP) is 2.64. The maximum atomic E-state index is 6.51. The van der Waals surface area contributed by atoms with E-state index in [1.807, 2.05) is 0 Å². The average Bonchev–Trinajstić information content (AvgIpc) is 2.36. The Labute approximate surface area is 118 Å². The van der Waals surface area contributed by atoms with Gasteiger partial charge in [-0.25, -0.2) is 0 Å². The summed E-state index contributed by atoms with van der Waals surface area (Å²) < 4.78 is 5.80. The third-order valence-electron chi connectivity index (χ3n) is 5.16. The van der Waals surface area contributed by atoms with Gasteiger partial charge in [0.05, 0.1) is 6.10 Å². The molecule has 1 saturated carbocycles. The van der Waals surface area contributed by atoms with E-state index in [4.69, 9.17) is 10.5 Å². The molecule has 0 aromatic rings. The minimum atomic E-state index is 0.317. The number of nitrogens with two attached hydrogens (primary N) is 1. The second kappa shape index (κ2) is 6.55. The Bertz CT molecular complexity index is 278. The molecule has 3 atom stereocenters. The normalized spacial score (nSPS) is 36.3. The van der Waals surface area contributed by atoms with E-state index in [1.54, 1.807) is 0 Å². The highest BCUT2D eigenvalue weighted by Gasteiger charge is 2.37. The van der Waals surface area contributed by atoms with Crippen LogP contribution in [0.4, 0.5) is 0 Å². The zero-order valence-electron chi connectivity index (χ0n) is 13.0. The molecule has 0 radical (unpaired) electrons. The Kier molecular flexibility index (Phi) is 5.27. The minimum absolute atomic E-state index is 0.317. The van der Waals surface area contributed by atoms with E-state index in [1.165, 1.54) is 45.2 Å². The van der Waals surface area contributed by atoms with E-state index in [9.17, 15) is 0 Å². The Balaban J connectivity index is 1.86. The largest absolute Gasteiger partial charge is 0.377 e. The van der Waals surface area contributed by atoms with Crippen molar-refractivity contribution in [3.8, 4) is 0 Å². The van der Waals surface area contributed by atoms with Gasteiger partial charge in [-0.05, 0) is 50.5 Å². The summed E-state index contributed by atoms with van der Waals surface area (Å²) in [5, 5.41) is 0. The lowest BCUT2D eigenvalue weighted by atomic mass is 9.68. The number of nitrogens with zero attached hydrogens (tertiary/aromatic N) is 1. The van der Waals surface area contributed by atoms with Crippen LogP contribution in [0.5, 0.6) is 0 Å². The lowest BCUT2D eigenvalue weighted by Crippen LogP contribution is -2.52. The van der Waals surface area contributed by atoms with Gasteiger partial charge in [-0.15, -0.1) is 0 Å². The number of ether oxygens (including phenoxy) is 1. The van der Waals surface area contributed by atoms with Crippen molar-refractivity contribution in [1.29, 1.82) is 0 Å². The minimum Gasteiger partial charge on any atom is -0.377 e.